The summed E-state index contributed by atoms with van der Waals surface area (Å²) in [5, 5.41) is 4.94. The second-order valence-electron chi connectivity index (χ2n) is 6.96. The highest BCUT2D eigenvalue weighted by Gasteiger charge is 2.35. The third-order valence-corrected chi connectivity index (χ3v) is 5.04. The second-order valence-corrected chi connectivity index (χ2v) is 7.39. The van der Waals surface area contributed by atoms with Crippen LogP contribution >= 0.6 is 11.6 Å². The predicted octanol–water partition coefficient (Wildman–Crippen LogP) is 4.27. The Morgan fingerprint density at radius 1 is 1.12 bits per heavy atom. The molecule has 4 rings (SSSR count). The number of carbonyl (C=O) groups is 1. The zero-order chi connectivity index (χ0) is 17.9. The van der Waals surface area contributed by atoms with E-state index in [0.29, 0.717) is 24.5 Å². The molecule has 0 aromatic heterocycles. The van der Waals surface area contributed by atoms with Gasteiger partial charge in [0.1, 0.15) is 0 Å². The number of rotatable bonds is 6. The van der Waals surface area contributed by atoms with Crippen LogP contribution in [0.2, 0.25) is 5.02 Å². The average Bonchev–Trinajstić information content (AvgIpc) is 3.41. The van der Waals surface area contributed by atoms with E-state index in [1.54, 1.807) is 0 Å². The Hall–Kier alpha value is -2.33. The van der Waals surface area contributed by atoms with Gasteiger partial charge in [0, 0.05) is 23.9 Å². The molecule has 5 heteroatoms. The van der Waals surface area contributed by atoms with Crippen molar-refractivity contribution in [3.05, 3.63) is 70.7 Å². The van der Waals surface area contributed by atoms with Crippen molar-refractivity contribution < 1.29 is 9.63 Å². The fourth-order valence-electron chi connectivity index (χ4n) is 3.21. The van der Waals surface area contributed by atoms with Crippen LogP contribution in [0.25, 0.3) is 0 Å². The highest BCUT2D eigenvalue weighted by molar-refractivity contribution is 6.30. The van der Waals surface area contributed by atoms with Gasteiger partial charge in [-0.2, -0.15) is 0 Å². The van der Waals surface area contributed by atoms with Crippen LogP contribution in [0, 0.1) is 5.92 Å². The smallest absolute Gasteiger partial charge is 0.226 e. The summed E-state index contributed by atoms with van der Waals surface area (Å²) in [7, 11) is 0. The predicted molar refractivity (Wildman–Crippen MR) is 102 cm³/mol. The van der Waals surface area contributed by atoms with Gasteiger partial charge in [-0.15, -0.1) is 0 Å². The molecule has 4 nitrogen and oxygen atoms in total. The summed E-state index contributed by atoms with van der Waals surface area (Å²) in [4.78, 5) is 20.3. The standard InChI is InChI=1S/C21H21ClN2O2/c22-18-10-8-16(9-11-18)20-12-19(26-23-20)14-24(21(25)17-6-7-17)13-15-4-2-1-3-5-15/h1-5,8-11,17,19H,6-7,12-14H2. The van der Waals surface area contributed by atoms with Crippen LogP contribution in [-0.4, -0.2) is 29.2 Å². The molecule has 1 heterocycles. The molecule has 134 valence electrons. The molecular weight excluding hydrogens is 348 g/mol. The Kier molecular flexibility index (Phi) is 4.93. The van der Waals surface area contributed by atoms with Gasteiger partial charge in [0.15, 0.2) is 6.10 Å². The van der Waals surface area contributed by atoms with Crippen LogP contribution in [0.3, 0.4) is 0 Å². The Morgan fingerprint density at radius 2 is 1.85 bits per heavy atom. The summed E-state index contributed by atoms with van der Waals surface area (Å²) in [5.74, 6) is 0.425. The summed E-state index contributed by atoms with van der Waals surface area (Å²) in [6, 6.07) is 17.7. The zero-order valence-electron chi connectivity index (χ0n) is 14.5. The molecule has 0 bridgehead atoms. The number of oxime groups is 1. The molecule has 0 saturated heterocycles. The van der Waals surface area contributed by atoms with Gasteiger partial charge in [-0.05, 0) is 36.1 Å². The third-order valence-electron chi connectivity index (χ3n) is 4.79. The van der Waals surface area contributed by atoms with Gasteiger partial charge in [-0.3, -0.25) is 4.79 Å². The second kappa shape index (κ2) is 7.50. The zero-order valence-corrected chi connectivity index (χ0v) is 15.2. The van der Waals surface area contributed by atoms with Gasteiger partial charge in [0.2, 0.25) is 5.91 Å². The maximum atomic E-state index is 12.7. The van der Waals surface area contributed by atoms with Gasteiger partial charge in [0.05, 0.1) is 12.3 Å². The van der Waals surface area contributed by atoms with Crippen molar-refractivity contribution in [3.8, 4) is 0 Å². The molecule has 0 radical (unpaired) electrons. The summed E-state index contributed by atoms with van der Waals surface area (Å²) in [6.45, 7) is 1.18. The Morgan fingerprint density at radius 3 is 2.54 bits per heavy atom. The quantitative estimate of drug-likeness (QED) is 0.764. The molecule has 2 aromatic carbocycles. The number of carbonyl (C=O) groups excluding carboxylic acids is 1. The van der Waals surface area contributed by atoms with Gasteiger partial charge in [-0.1, -0.05) is 59.2 Å². The number of nitrogens with zero attached hydrogens (tertiary/aromatic N) is 2. The van der Waals surface area contributed by atoms with E-state index in [2.05, 4.69) is 17.3 Å². The van der Waals surface area contributed by atoms with Crippen LogP contribution in [-0.2, 0) is 16.2 Å². The van der Waals surface area contributed by atoms with Gasteiger partial charge >= 0.3 is 0 Å². The topological polar surface area (TPSA) is 41.9 Å². The lowest BCUT2D eigenvalue weighted by Gasteiger charge is -2.25. The summed E-state index contributed by atoms with van der Waals surface area (Å²) < 4.78 is 0. The van der Waals surface area contributed by atoms with Crippen LogP contribution in [0.15, 0.2) is 59.8 Å². The first-order chi connectivity index (χ1) is 12.7. The van der Waals surface area contributed by atoms with Crippen molar-refractivity contribution in [2.24, 2.45) is 11.1 Å². The number of halogens is 1. The molecule has 1 amide bonds. The number of hydrogen-bond donors (Lipinski definition) is 0. The minimum absolute atomic E-state index is 0.105. The number of hydrogen-bond acceptors (Lipinski definition) is 3. The van der Waals surface area contributed by atoms with Gasteiger partial charge in [-0.25, -0.2) is 0 Å². The molecule has 2 aromatic rings. The molecule has 26 heavy (non-hydrogen) atoms. The molecule has 0 N–H and O–H groups in total. The maximum absolute atomic E-state index is 12.7. The first kappa shape index (κ1) is 17.1. The monoisotopic (exact) mass is 368 g/mol. The fourth-order valence-corrected chi connectivity index (χ4v) is 3.34. The largest absolute Gasteiger partial charge is 0.390 e. The van der Waals surface area contributed by atoms with E-state index in [9.17, 15) is 4.79 Å². The van der Waals surface area contributed by atoms with E-state index in [0.717, 1.165) is 29.7 Å². The van der Waals surface area contributed by atoms with E-state index in [1.165, 1.54) is 0 Å². The first-order valence-electron chi connectivity index (χ1n) is 9.00. The minimum Gasteiger partial charge on any atom is -0.390 e. The van der Waals surface area contributed by atoms with Crippen LogP contribution < -0.4 is 0 Å². The normalized spacial score (nSPS) is 19.0. The Labute approximate surface area is 158 Å². The highest BCUT2D eigenvalue weighted by Crippen LogP contribution is 2.32. The minimum atomic E-state index is -0.105. The van der Waals surface area contributed by atoms with Crippen LogP contribution in [0.1, 0.15) is 30.4 Å². The molecule has 1 atom stereocenters. The maximum Gasteiger partial charge on any atom is 0.226 e. The summed E-state index contributed by atoms with van der Waals surface area (Å²) in [5.41, 5.74) is 3.06. The number of benzene rings is 2. The molecule has 1 aliphatic heterocycles. The molecule has 1 unspecified atom stereocenters. The lowest BCUT2D eigenvalue weighted by atomic mass is 10.0. The molecule has 1 fully saturated rings. The van der Waals surface area contributed by atoms with E-state index in [-0.39, 0.29) is 17.9 Å². The SMILES string of the molecule is O=C(C1CC1)N(Cc1ccccc1)CC1CC(c2ccc(Cl)cc2)=NO1. The van der Waals surface area contributed by atoms with Crippen molar-refractivity contribution in [2.75, 3.05) is 6.54 Å². The summed E-state index contributed by atoms with van der Waals surface area (Å²) in [6.07, 6.45) is 2.60. The lowest BCUT2D eigenvalue weighted by Crippen LogP contribution is -2.38. The first-order valence-corrected chi connectivity index (χ1v) is 9.38. The van der Waals surface area contributed by atoms with E-state index in [4.69, 9.17) is 16.4 Å². The van der Waals surface area contributed by atoms with Crippen molar-refractivity contribution in [3.63, 3.8) is 0 Å². The lowest BCUT2D eigenvalue weighted by molar-refractivity contribution is -0.135. The van der Waals surface area contributed by atoms with E-state index < -0.39 is 0 Å². The van der Waals surface area contributed by atoms with E-state index >= 15 is 0 Å². The Balaban J connectivity index is 1.41. The van der Waals surface area contributed by atoms with Crippen LogP contribution in [0.5, 0.6) is 0 Å². The third kappa shape index (κ3) is 4.07. The Bertz CT molecular complexity index is 801. The fraction of sp³-hybridized carbons (Fsp3) is 0.333. The van der Waals surface area contributed by atoms with Crippen LogP contribution in [0.4, 0.5) is 0 Å². The molecule has 1 saturated carbocycles. The highest BCUT2D eigenvalue weighted by atomic mass is 35.5. The van der Waals surface area contributed by atoms with E-state index in [1.807, 2.05) is 47.4 Å². The van der Waals surface area contributed by atoms with Crippen molar-refractivity contribution in [1.82, 2.24) is 4.90 Å². The molecule has 2 aliphatic rings. The summed E-state index contributed by atoms with van der Waals surface area (Å²) >= 11 is 5.95. The van der Waals surface area contributed by atoms with Crippen molar-refractivity contribution >= 4 is 23.2 Å². The number of amides is 1. The van der Waals surface area contributed by atoms with Gasteiger partial charge in [0.25, 0.3) is 0 Å². The average molecular weight is 369 g/mol. The van der Waals surface area contributed by atoms with Crippen molar-refractivity contribution in [1.29, 1.82) is 0 Å². The van der Waals surface area contributed by atoms with Gasteiger partial charge < -0.3 is 9.74 Å². The molecular formula is C21H21ClN2O2. The molecule has 1 aliphatic carbocycles. The molecule has 0 spiro atoms. The van der Waals surface area contributed by atoms with Crippen molar-refractivity contribution in [2.45, 2.75) is 31.9 Å².